The summed E-state index contributed by atoms with van der Waals surface area (Å²) in [5.41, 5.74) is 0.225. The van der Waals surface area contributed by atoms with Gasteiger partial charge in [-0.1, -0.05) is 31.5 Å². The van der Waals surface area contributed by atoms with Crippen molar-refractivity contribution in [2.24, 2.45) is 0 Å². The summed E-state index contributed by atoms with van der Waals surface area (Å²) in [4.78, 5) is 12.2. The van der Waals surface area contributed by atoms with E-state index in [1.807, 2.05) is 36.4 Å². The van der Waals surface area contributed by atoms with E-state index in [1.165, 1.54) is 0 Å². The molecule has 144 valence electrons. The number of carbonyl (C=O) groups excluding carboxylic acids is 1. The number of benzene rings is 2. The minimum atomic E-state index is -1.14. The Hall–Kier alpha value is -2.73. The van der Waals surface area contributed by atoms with Crippen molar-refractivity contribution >= 4 is 11.7 Å². The van der Waals surface area contributed by atoms with Crippen molar-refractivity contribution in [1.29, 1.82) is 0 Å². The van der Waals surface area contributed by atoms with Crippen molar-refractivity contribution in [3.63, 3.8) is 0 Å². The van der Waals surface area contributed by atoms with Crippen LogP contribution < -0.4 is 20.1 Å². The van der Waals surface area contributed by atoms with Gasteiger partial charge in [-0.05, 0) is 36.8 Å². The van der Waals surface area contributed by atoms with Crippen molar-refractivity contribution in [2.45, 2.75) is 31.8 Å². The van der Waals surface area contributed by atoms with Crippen LogP contribution in [0.4, 0.5) is 10.5 Å². The Bertz CT molecular complexity index is 763. The third-order valence-corrected chi connectivity index (χ3v) is 4.58. The number of para-hydroxylation sites is 1. The monoisotopic (exact) mass is 370 g/mol. The van der Waals surface area contributed by atoms with E-state index in [9.17, 15) is 9.90 Å². The van der Waals surface area contributed by atoms with Crippen molar-refractivity contribution in [3.8, 4) is 11.5 Å². The smallest absolute Gasteiger partial charge is 0.319 e. The second kappa shape index (κ2) is 8.77. The quantitative estimate of drug-likeness (QED) is 0.650. The number of hydrogen-bond acceptors (Lipinski definition) is 4. The van der Waals surface area contributed by atoms with Gasteiger partial charge in [-0.2, -0.15) is 0 Å². The third kappa shape index (κ3) is 4.92. The molecule has 1 aliphatic rings. The fourth-order valence-electron chi connectivity index (χ4n) is 3.00. The van der Waals surface area contributed by atoms with Crippen LogP contribution in [0.5, 0.6) is 11.5 Å². The number of urea groups is 1. The lowest BCUT2D eigenvalue weighted by molar-refractivity contribution is 0.000398. The number of fused-ring (bicyclic) bond motifs is 1. The molecular formula is C21H26N2O4. The molecule has 2 amide bonds. The maximum atomic E-state index is 12.2. The summed E-state index contributed by atoms with van der Waals surface area (Å²) >= 11 is 0. The molecule has 1 atom stereocenters. The number of unbranched alkanes of at least 4 members (excludes halogenated alkanes) is 1. The van der Waals surface area contributed by atoms with E-state index in [0.717, 1.165) is 18.6 Å². The zero-order valence-corrected chi connectivity index (χ0v) is 15.5. The Morgan fingerprint density at radius 1 is 1.22 bits per heavy atom. The molecule has 0 spiro atoms. The SMILES string of the molecule is CCCCOc1ccc(NC(=O)NCC2(O)CCOc3ccccc32)cc1. The predicted octanol–water partition coefficient (Wildman–Crippen LogP) is 3.66. The Labute approximate surface area is 159 Å². The number of hydrogen-bond donors (Lipinski definition) is 3. The number of nitrogens with one attached hydrogen (secondary N) is 2. The molecule has 3 N–H and O–H groups in total. The van der Waals surface area contributed by atoms with Gasteiger partial charge in [0.25, 0.3) is 0 Å². The van der Waals surface area contributed by atoms with E-state index in [1.54, 1.807) is 12.1 Å². The zero-order chi connectivity index (χ0) is 19.1. The summed E-state index contributed by atoms with van der Waals surface area (Å²) in [7, 11) is 0. The molecule has 0 bridgehead atoms. The Morgan fingerprint density at radius 2 is 2.00 bits per heavy atom. The minimum Gasteiger partial charge on any atom is -0.494 e. The van der Waals surface area contributed by atoms with Gasteiger partial charge in [0, 0.05) is 17.7 Å². The molecule has 1 aliphatic heterocycles. The van der Waals surface area contributed by atoms with E-state index < -0.39 is 5.60 Å². The second-order valence-electron chi connectivity index (χ2n) is 6.66. The highest BCUT2D eigenvalue weighted by Crippen LogP contribution is 2.36. The largest absolute Gasteiger partial charge is 0.494 e. The van der Waals surface area contributed by atoms with Gasteiger partial charge in [0.15, 0.2) is 0 Å². The second-order valence-corrected chi connectivity index (χ2v) is 6.66. The molecule has 3 rings (SSSR count). The summed E-state index contributed by atoms with van der Waals surface area (Å²) in [6.45, 7) is 3.33. The molecule has 6 heteroatoms. The van der Waals surface area contributed by atoms with Crippen LogP contribution in [0.2, 0.25) is 0 Å². The first-order valence-electron chi connectivity index (χ1n) is 9.33. The lowest BCUT2D eigenvalue weighted by Gasteiger charge is -2.34. The molecule has 2 aromatic rings. The van der Waals surface area contributed by atoms with Crippen LogP contribution in [0, 0.1) is 0 Å². The standard InChI is InChI=1S/C21H26N2O4/c1-2-3-13-26-17-10-8-16(9-11-17)23-20(24)22-15-21(25)12-14-27-19-7-5-4-6-18(19)21/h4-11,25H,2-3,12-15H2,1H3,(H2,22,23,24). The summed E-state index contributed by atoms with van der Waals surface area (Å²) in [5.74, 6) is 1.44. The highest BCUT2D eigenvalue weighted by atomic mass is 16.5. The topological polar surface area (TPSA) is 79.8 Å². The first kappa shape index (κ1) is 19.0. The van der Waals surface area contributed by atoms with Crippen molar-refractivity contribution < 1.29 is 19.4 Å². The molecule has 0 saturated heterocycles. The van der Waals surface area contributed by atoms with E-state index in [0.29, 0.717) is 36.6 Å². The molecule has 0 fully saturated rings. The minimum absolute atomic E-state index is 0.109. The number of rotatable bonds is 7. The number of aliphatic hydroxyl groups is 1. The lowest BCUT2D eigenvalue weighted by Crippen LogP contribution is -2.45. The van der Waals surface area contributed by atoms with Gasteiger partial charge in [-0.15, -0.1) is 0 Å². The summed E-state index contributed by atoms with van der Waals surface area (Å²) in [6.07, 6.45) is 2.52. The van der Waals surface area contributed by atoms with Crippen LogP contribution in [0.1, 0.15) is 31.7 Å². The van der Waals surface area contributed by atoms with Gasteiger partial charge in [0.2, 0.25) is 0 Å². The number of anilines is 1. The highest BCUT2D eigenvalue weighted by Gasteiger charge is 2.35. The first-order chi connectivity index (χ1) is 13.1. The first-order valence-corrected chi connectivity index (χ1v) is 9.33. The molecular weight excluding hydrogens is 344 g/mol. The van der Waals surface area contributed by atoms with Crippen LogP contribution in [-0.2, 0) is 5.60 Å². The normalized spacial score (nSPS) is 18.1. The average Bonchev–Trinajstić information content (AvgIpc) is 2.69. The maximum Gasteiger partial charge on any atom is 0.319 e. The Kier molecular flexibility index (Phi) is 6.19. The van der Waals surface area contributed by atoms with E-state index >= 15 is 0 Å². The number of amides is 2. The van der Waals surface area contributed by atoms with Crippen LogP contribution in [0.15, 0.2) is 48.5 Å². The van der Waals surface area contributed by atoms with Gasteiger partial charge < -0.3 is 25.2 Å². The van der Waals surface area contributed by atoms with Gasteiger partial charge in [0.1, 0.15) is 17.1 Å². The summed E-state index contributed by atoms with van der Waals surface area (Å²) < 4.78 is 11.2. The van der Waals surface area contributed by atoms with Gasteiger partial charge in [-0.25, -0.2) is 4.79 Å². The van der Waals surface area contributed by atoms with Gasteiger partial charge in [-0.3, -0.25) is 0 Å². The third-order valence-electron chi connectivity index (χ3n) is 4.58. The summed E-state index contributed by atoms with van der Waals surface area (Å²) in [6, 6.07) is 14.2. The lowest BCUT2D eigenvalue weighted by atomic mass is 9.88. The van der Waals surface area contributed by atoms with Crippen LogP contribution in [-0.4, -0.2) is 30.9 Å². The zero-order valence-electron chi connectivity index (χ0n) is 15.5. The molecule has 27 heavy (non-hydrogen) atoms. The molecule has 1 heterocycles. The van der Waals surface area contributed by atoms with Crippen LogP contribution in [0.25, 0.3) is 0 Å². The Morgan fingerprint density at radius 3 is 2.78 bits per heavy atom. The van der Waals surface area contributed by atoms with E-state index in [4.69, 9.17) is 9.47 Å². The predicted molar refractivity (Wildman–Crippen MR) is 104 cm³/mol. The molecule has 0 radical (unpaired) electrons. The molecule has 6 nitrogen and oxygen atoms in total. The van der Waals surface area contributed by atoms with Crippen molar-refractivity contribution in [3.05, 3.63) is 54.1 Å². The molecule has 0 aromatic heterocycles. The van der Waals surface area contributed by atoms with Gasteiger partial charge in [0.05, 0.1) is 19.8 Å². The van der Waals surface area contributed by atoms with Gasteiger partial charge >= 0.3 is 6.03 Å². The fraction of sp³-hybridized carbons (Fsp3) is 0.381. The van der Waals surface area contributed by atoms with E-state index in [-0.39, 0.29) is 12.6 Å². The summed E-state index contributed by atoms with van der Waals surface area (Å²) in [5, 5.41) is 16.5. The van der Waals surface area contributed by atoms with Crippen LogP contribution in [0.3, 0.4) is 0 Å². The van der Waals surface area contributed by atoms with Crippen LogP contribution >= 0.6 is 0 Å². The molecule has 1 unspecified atom stereocenters. The Balaban J connectivity index is 1.53. The van der Waals surface area contributed by atoms with Crippen molar-refractivity contribution in [2.75, 3.05) is 25.1 Å². The number of carbonyl (C=O) groups is 1. The molecule has 0 aliphatic carbocycles. The maximum absolute atomic E-state index is 12.2. The molecule has 0 saturated carbocycles. The number of ether oxygens (including phenoxy) is 2. The van der Waals surface area contributed by atoms with E-state index in [2.05, 4.69) is 17.6 Å². The highest BCUT2D eigenvalue weighted by molar-refractivity contribution is 5.89. The molecule has 2 aromatic carbocycles. The fourth-order valence-corrected chi connectivity index (χ4v) is 3.00. The van der Waals surface area contributed by atoms with Crippen molar-refractivity contribution in [1.82, 2.24) is 5.32 Å². The average molecular weight is 370 g/mol.